The summed E-state index contributed by atoms with van der Waals surface area (Å²) in [4.78, 5) is 6.54. The predicted molar refractivity (Wildman–Crippen MR) is 94.9 cm³/mol. The van der Waals surface area contributed by atoms with E-state index >= 15 is 0 Å². The average Bonchev–Trinajstić information content (AvgIpc) is 2.56. The largest absolute Gasteiger partial charge is 0.352 e. The molecular formula is C16H26N4O2S. The van der Waals surface area contributed by atoms with Crippen LogP contribution in [0.1, 0.15) is 18.4 Å². The zero-order valence-corrected chi connectivity index (χ0v) is 14.9. The topological polar surface area (TPSA) is 73.8 Å². The second kappa shape index (κ2) is 9.32. The SMILES string of the molecule is C=CCCCN(C)C(=NC)NCc1cccc(S(=O)(=O)NC)c1. The van der Waals surface area contributed by atoms with E-state index in [1.807, 2.05) is 24.1 Å². The van der Waals surface area contributed by atoms with Gasteiger partial charge in [0, 0.05) is 27.2 Å². The average molecular weight is 338 g/mol. The molecule has 2 N–H and O–H groups in total. The van der Waals surface area contributed by atoms with E-state index in [2.05, 4.69) is 21.6 Å². The molecule has 0 saturated heterocycles. The number of guanidine groups is 1. The van der Waals surface area contributed by atoms with E-state index in [9.17, 15) is 8.42 Å². The maximum atomic E-state index is 11.8. The van der Waals surface area contributed by atoms with E-state index < -0.39 is 10.0 Å². The van der Waals surface area contributed by atoms with Crippen molar-refractivity contribution in [2.45, 2.75) is 24.3 Å². The molecule has 0 spiro atoms. The first-order valence-electron chi connectivity index (χ1n) is 7.49. The summed E-state index contributed by atoms with van der Waals surface area (Å²) >= 11 is 0. The van der Waals surface area contributed by atoms with Gasteiger partial charge in [0.1, 0.15) is 0 Å². The highest BCUT2D eigenvalue weighted by atomic mass is 32.2. The third kappa shape index (κ3) is 6.03. The van der Waals surface area contributed by atoms with Gasteiger partial charge in [-0.3, -0.25) is 4.99 Å². The van der Waals surface area contributed by atoms with Crippen LogP contribution >= 0.6 is 0 Å². The number of sulfonamides is 1. The normalized spacial score (nSPS) is 12.0. The van der Waals surface area contributed by atoms with Gasteiger partial charge in [-0.25, -0.2) is 13.1 Å². The second-order valence-electron chi connectivity index (χ2n) is 5.11. The fourth-order valence-electron chi connectivity index (χ4n) is 2.09. The van der Waals surface area contributed by atoms with Crippen LogP contribution in [0.3, 0.4) is 0 Å². The van der Waals surface area contributed by atoms with Gasteiger partial charge in [0.05, 0.1) is 4.90 Å². The van der Waals surface area contributed by atoms with Crippen LogP contribution in [0.2, 0.25) is 0 Å². The van der Waals surface area contributed by atoms with Crippen LogP contribution in [0, 0.1) is 0 Å². The number of nitrogens with one attached hydrogen (secondary N) is 2. The van der Waals surface area contributed by atoms with Gasteiger partial charge in [0.2, 0.25) is 10.0 Å². The molecule has 0 heterocycles. The predicted octanol–water partition coefficient (Wildman–Crippen LogP) is 1.57. The van der Waals surface area contributed by atoms with Gasteiger partial charge >= 0.3 is 0 Å². The molecule has 0 aromatic heterocycles. The van der Waals surface area contributed by atoms with Gasteiger partial charge < -0.3 is 10.2 Å². The van der Waals surface area contributed by atoms with Crippen molar-refractivity contribution in [2.24, 2.45) is 4.99 Å². The summed E-state index contributed by atoms with van der Waals surface area (Å²) in [5.74, 6) is 0.774. The van der Waals surface area contributed by atoms with E-state index in [1.165, 1.54) is 7.05 Å². The molecule has 0 amide bonds. The number of rotatable bonds is 8. The Balaban J connectivity index is 2.69. The molecular weight excluding hydrogens is 312 g/mol. The number of nitrogens with zero attached hydrogens (tertiary/aromatic N) is 2. The number of unbranched alkanes of at least 4 members (excludes halogenated alkanes) is 1. The second-order valence-corrected chi connectivity index (χ2v) is 6.99. The molecule has 0 unspecified atom stereocenters. The molecule has 7 heteroatoms. The summed E-state index contributed by atoms with van der Waals surface area (Å²) in [6.07, 6.45) is 3.87. The van der Waals surface area contributed by atoms with Gasteiger partial charge in [0.25, 0.3) is 0 Å². The zero-order chi connectivity index (χ0) is 17.3. The number of hydrogen-bond donors (Lipinski definition) is 2. The standard InChI is InChI=1S/C16H26N4O2S/c1-5-6-7-11-20(4)16(17-2)19-13-14-9-8-10-15(12-14)23(21,22)18-3/h5,8-10,12,18H,1,6-7,11,13H2,2-4H3,(H,17,19). The molecule has 128 valence electrons. The number of allylic oxidation sites excluding steroid dienone is 1. The zero-order valence-electron chi connectivity index (χ0n) is 14.0. The van der Waals surface area contributed by atoms with Crippen LogP contribution in [0.4, 0.5) is 0 Å². The molecule has 0 atom stereocenters. The number of hydrogen-bond acceptors (Lipinski definition) is 3. The lowest BCUT2D eigenvalue weighted by molar-refractivity contribution is 0.470. The lowest BCUT2D eigenvalue weighted by Crippen LogP contribution is -2.39. The fraction of sp³-hybridized carbons (Fsp3) is 0.438. The highest BCUT2D eigenvalue weighted by Gasteiger charge is 2.11. The Labute approximate surface area is 139 Å². The van der Waals surface area contributed by atoms with E-state index in [4.69, 9.17) is 0 Å². The van der Waals surface area contributed by atoms with Crippen LogP contribution in [-0.4, -0.2) is 47.0 Å². The summed E-state index contributed by atoms with van der Waals surface area (Å²) in [7, 11) is 1.68. The third-order valence-electron chi connectivity index (χ3n) is 3.40. The van der Waals surface area contributed by atoms with Gasteiger partial charge in [-0.15, -0.1) is 6.58 Å². The van der Waals surface area contributed by atoms with Crippen molar-refractivity contribution in [3.63, 3.8) is 0 Å². The molecule has 1 rings (SSSR count). The molecule has 0 radical (unpaired) electrons. The molecule has 0 aliphatic carbocycles. The Morgan fingerprint density at radius 2 is 2.17 bits per heavy atom. The van der Waals surface area contributed by atoms with E-state index in [0.717, 1.165) is 30.9 Å². The summed E-state index contributed by atoms with van der Waals surface area (Å²) in [5.41, 5.74) is 0.877. The molecule has 1 aromatic carbocycles. The third-order valence-corrected chi connectivity index (χ3v) is 4.82. The van der Waals surface area contributed by atoms with Crippen molar-refractivity contribution in [3.05, 3.63) is 42.5 Å². The van der Waals surface area contributed by atoms with Crippen molar-refractivity contribution < 1.29 is 8.42 Å². The maximum Gasteiger partial charge on any atom is 0.240 e. The summed E-state index contributed by atoms with van der Waals surface area (Å²) in [6, 6.07) is 6.85. The highest BCUT2D eigenvalue weighted by molar-refractivity contribution is 7.89. The smallest absolute Gasteiger partial charge is 0.240 e. The van der Waals surface area contributed by atoms with Crippen LogP contribution in [0.15, 0.2) is 46.8 Å². The Morgan fingerprint density at radius 1 is 1.43 bits per heavy atom. The lowest BCUT2D eigenvalue weighted by Gasteiger charge is -2.22. The molecule has 23 heavy (non-hydrogen) atoms. The monoisotopic (exact) mass is 338 g/mol. The van der Waals surface area contributed by atoms with Gasteiger partial charge in [0.15, 0.2) is 5.96 Å². The number of aliphatic imine (C=N–C) groups is 1. The summed E-state index contributed by atoms with van der Waals surface area (Å²) in [6.45, 7) is 5.10. The minimum Gasteiger partial charge on any atom is -0.352 e. The highest BCUT2D eigenvalue weighted by Crippen LogP contribution is 2.11. The van der Waals surface area contributed by atoms with Gasteiger partial charge in [-0.05, 0) is 37.6 Å². The summed E-state index contributed by atoms with van der Waals surface area (Å²) < 4.78 is 26.0. The van der Waals surface area contributed by atoms with E-state index in [1.54, 1.807) is 25.2 Å². The van der Waals surface area contributed by atoms with Crippen molar-refractivity contribution in [1.82, 2.24) is 14.9 Å². The fourth-order valence-corrected chi connectivity index (χ4v) is 2.88. The van der Waals surface area contributed by atoms with Crippen molar-refractivity contribution >= 4 is 16.0 Å². The minimum absolute atomic E-state index is 0.258. The molecule has 0 aliphatic rings. The Hall–Kier alpha value is -1.86. The van der Waals surface area contributed by atoms with E-state index in [-0.39, 0.29) is 4.90 Å². The van der Waals surface area contributed by atoms with Crippen molar-refractivity contribution in [3.8, 4) is 0 Å². The van der Waals surface area contributed by atoms with Crippen LogP contribution in [-0.2, 0) is 16.6 Å². The maximum absolute atomic E-state index is 11.8. The number of benzene rings is 1. The van der Waals surface area contributed by atoms with Gasteiger partial charge in [-0.2, -0.15) is 0 Å². The van der Waals surface area contributed by atoms with Crippen molar-refractivity contribution in [2.75, 3.05) is 27.7 Å². The molecule has 0 aliphatic heterocycles. The first-order valence-corrected chi connectivity index (χ1v) is 8.98. The first kappa shape index (κ1) is 19.2. The molecule has 0 saturated carbocycles. The van der Waals surface area contributed by atoms with Crippen LogP contribution < -0.4 is 10.0 Å². The Morgan fingerprint density at radius 3 is 2.78 bits per heavy atom. The first-order chi connectivity index (χ1) is 10.9. The Bertz CT molecular complexity index is 641. The van der Waals surface area contributed by atoms with Crippen LogP contribution in [0.25, 0.3) is 0 Å². The quantitative estimate of drug-likeness (QED) is 0.327. The Kier molecular flexibility index (Phi) is 7.77. The lowest BCUT2D eigenvalue weighted by atomic mass is 10.2. The minimum atomic E-state index is -3.42. The molecule has 6 nitrogen and oxygen atoms in total. The molecule has 0 fully saturated rings. The van der Waals surface area contributed by atoms with E-state index in [0.29, 0.717) is 6.54 Å². The van der Waals surface area contributed by atoms with Crippen molar-refractivity contribution in [1.29, 1.82) is 0 Å². The molecule has 0 bridgehead atoms. The summed E-state index contributed by atoms with van der Waals surface area (Å²) in [5, 5.41) is 3.24. The van der Waals surface area contributed by atoms with Gasteiger partial charge in [-0.1, -0.05) is 18.2 Å². The van der Waals surface area contributed by atoms with Crippen LogP contribution in [0.5, 0.6) is 0 Å². The molecule has 1 aromatic rings.